The third-order valence-corrected chi connectivity index (χ3v) is 0.494. The third-order valence-electron chi connectivity index (χ3n) is 0.165. The molecular formula is C2H6Cl2O3P+. The van der Waals surface area contributed by atoms with Crippen LogP contribution >= 0.6 is 33.1 Å². The van der Waals surface area contributed by atoms with E-state index >= 15 is 0 Å². The highest BCUT2D eigenvalue weighted by Gasteiger charge is 2.05. The lowest BCUT2D eigenvalue weighted by Crippen LogP contribution is -1.55. The lowest BCUT2D eigenvalue weighted by Gasteiger charge is -1.63. The Labute approximate surface area is 60.5 Å². The largest absolute Gasteiger partial charge is 0.746 e. The summed E-state index contributed by atoms with van der Waals surface area (Å²) in [7, 11) is -2.47. The molecule has 0 rings (SSSR count). The lowest BCUT2D eigenvalue weighted by atomic mass is 11.2. The van der Waals surface area contributed by atoms with Gasteiger partial charge in [0.2, 0.25) is 0 Å². The van der Waals surface area contributed by atoms with Gasteiger partial charge < -0.3 is 0 Å². The molecule has 50 valence electrons. The molecule has 0 heterocycles. The number of rotatable bonds is 2. The van der Waals surface area contributed by atoms with Crippen LogP contribution in [0.1, 0.15) is 0 Å². The van der Waals surface area contributed by atoms with Gasteiger partial charge in [0.05, 0.1) is 0 Å². The van der Waals surface area contributed by atoms with Crippen LogP contribution in [0.5, 0.6) is 0 Å². The Morgan fingerprint density at radius 3 is 2.00 bits per heavy atom. The molecule has 0 aliphatic carbocycles. The molecule has 0 aliphatic heterocycles. The molecule has 0 fully saturated rings. The Balaban J connectivity index is -0.000000125. The van der Waals surface area contributed by atoms with Crippen LogP contribution in [-0.2, 0) is 9.09 Å². The third kappa shape index (κ3) is 16.4. The van der Waals surface area contributed by atoms with Crippen molar-refractivity contribution in [2.24, 2.45) is 0 Å². The van der Waals surface area contributed by atoms with Gasteiger partial charge in [-0.1, -0.05) is 6.58 Å². The molecule has 0 aromatic rings. The molecule has 3 nitrogen and oxygen atoms in total. The van der Waals surface area contributed by atoms with Crippen LogP contribution < -0.4 is 0 Å². The van der Waals surface area contributed by atoms with Crippen molar-refractivity contribution < 1.29 is 14.0 Å². The Kier molecular flexibility index (Phi) is 20.1. The zero-order chi connectivity index (χ0) is 4.99. The first-order chi connectivity index (χ1) is 2.77. The summed E-state index contributed by atoms with van der Waals surface area (Å²) >= 11 is 0. The van der Waals surface area contributed by atoms with Crippen LogP contribution in [0.3, 0.4) is 0 Å². The molecular weight excluding hydrogens is 174 g/mol. The second-order valence-corrected chi connectivity index (χ2v) is 1.20. The van der Waals surface area contributed by atoms with Crippen molar-refractivity contribution in [2.45, 2.75) is 0 Å². The first-order valence-electron chi connectivity index (χ1n) is 1.21. The SMILES string of the molecule is C=CO[P+](=O)O.Cl.Cl. The number of hydrogen-bond acceptors (Lipinski definition) is 2. The molecule has 0 aromatic heterocycles. The molecule has 1 N–H and O–H groups in total. The van der Waals surface area contributed by atoms with Gasteiger partial charge >= 0.3 is 8.25 Å². The first kappa shape index (κ1) is 15.7. The maximum absolute atomic E-state index is 9.45. The molecule has 0 amide bonds. The van der Waals surface area contributed by atoms with E-state index in [9.17, 15) is 4.57 Å². The number of halogens is 2. The summed E-state index contributed by atoms with van der Waals surface area (Å²) in [5, 5.41) is 0. The van der Waals surface area contributed by atoms with Gasteiger partial charge in [0.15, 0.2) is 0 Å². The molecule has 8 heavy (non-hydrogen) atoms. The minimum Gasteiger partial charge on any atom is -0.238 e. The topological polar surface area (TPSA) is 46.5 Å². The highest BCUT2D eigenvalue weighted by molar-refractivity contribution is 7.32. The molecule has 0 saturated heterocycles. The average Bonchev–Trinajstić information content (AvgIpc) is 1.35. The highest BCUT2D eigenvalue weighted by atomic mass is 35.5. The highest BCUT2D eigenvalue weighted by Crippen LogP contribution is 2.12. The molecule has 0 bridgehead atoms. The maximum atomic E-state index is 9.45. The summed E-state index contributed by atoms with van der Waals surface area (Å²) < 4.78 is 13.3. The van der Waals surface area contributed by atoms with Gasteiger partial charge in [0.25, 0.3) is 0 Å². The second kappa shape index (κ2) is 10.2. The zero-order valence-corrected chi connectivity index (χ0v) is 6.34. The Hall–Kier alpha value is 0.180. The van der Waals surface area contributed by atoms with E-state index < -0.39 is 8.25 Å². The quantitative estimate of drug-likeness (QED) is 0.518. The van der Waals surface area contributed by atoms with E-state index in [1.54, 1.807) is 0 Å². The van der Waals surface area contributed by atoms with Gasteiger partial charge in [-0.15, -0.1) is 29.7 Å². The normalized spacial score (nSPS) is 7.38. The molecule has 1 unspecified atom stereocenters. The summed E-state index contributed by atoms with van der Waals surface area (Å²) in [6.45, 7) is 3.03. The molecule has 1 atom stereocenters. The molecule has 0 radical (unpaired) electrons. The van der Waals surface area contributed by atoms with Gasteiger partial charge in [-0.05, 0) is 0 Å². The van der Waals surface area contributed by atoms with Crippen LogP contribution in [0.25, 0.3) is 0 Å². The lowest BCUT2D eigenvalue weighted by molar-refractivity contribution is 0.379. The van der Waals surface area contributed by atoms with Gasteiger partial charge in [0, 0.05) is 4.57 Å². The van der Waals surface area contributed by atoms with E-state index in [2.05, 4.69) is 11.1 Å². The standard InChI is InChI=1S/C2H3O3P.2ClH/c1-2-5-6(3)4;;/h2H,1H2;2*1H/p+1. The Morgan fingerprint density at radius 1 is 1.62 bits per heavy atom. The average molecular weight is 180 g/mol. The van der Waals surface area contributed by atoms with Gasteiger partial charge in [-0.25, -0.2) is 4.52 Å². The van der Waals surface area contributed by atoms with Crippen molar-refractivity contribution >= 4 is 33.1 Å². The minimum atomic E-state index is -2.47. The maximum Gasteiger partial charge on any atom is 0.746 e. The molecule has 6 heteroatoms. The van der Waals surface area contributed by atoms with E-state index in [1.165, 1.54) is 0 Å². The van der Waals surface area contributed by atoms with Crippen LogP contribution in [0, 0.1) is 0 Å². The van der Waals surface area contributed by atoms with Crippen LogP contribution in [0.15, 0.2) is 12.8 Å². The molecule has 0 saturated carbocycles. The first-order valence-corrected chi connectivity index (χ1v) is 2.34. The Bertz CT molecular complexity index is 75.7. The summed E-state index contributed by atoms with van der Waals surface area (Å²) in [5.74, 6) is 0. The zero-order valence-electron chi connectivity index (χ0n) is 3.81. The van der Waals surface area contributed by atoms with E-state index in [0.717, 1.165) is 6.26 Å². The van der Waals surface area contributed by atoms with Gasteiger partial charge in [0.1, 0.15) is 6.26 Å². The second-order valence-electron chi connectivity index (χ2n) is 0.510. The van der Waals surface area contributed by atoms with Gasteiger partial charge in [-0.3, -0.25) is 0 Å². The fourth-order valence-electron chi connectivity index (χ4n) is 0.0638. The predicted octanol–water partition coefficient (Wildman–Crippen LogP) is 1.64. The van der Waals surface area contributed by atoms with Crippen molar-refractivity contribution in [1.82, 2.24) is 0 Å². The van der Waals surface area contributed by atoms with E-state index in [0.29, 0.717) is 0 Å². The molecule has 0 aliphatic rings. The van der Waals surface area contributed by atoms with E-state index in [-0.39, 0.29) is 24.8 Å². The van der Waals surface area contributed by atoms with Crippen molar-refractivity contribution in [3.63, 3.8) is 0 Å². The molecule has 0 spiro atoms. The summed E-state index contributed by atoms with van der Waals surface area (Å²) in [4.78, 5) is 7.77. The van der Waals surface area contributed by atoms with Crippen molar-refractivity contribution in [3.05, 3.63) is 12.8 Å². The fraction of sp³-hybridized carbons (Fsp3) is 0. The monoisotopic (exact) mass is 179 g/mol. The van der Waals surface area contributed by atoms with Crippen molar-refractivity contribution in [2.75, 3.05) is 0 Å². The number of hydrogen-bond donors (Lipinski definition) is 1. The van der Waals surface area contributed by atoms with Crippen LogP contribution in [-0.4, -0.2) is 4.89 Å². The summed E-state index contributed by atoms with van der Waals surface area (Å²) in [5.41, 5.74) is 0. The Morgan fingerprint density at radius 2 is 2.00 bits per heavy atom. The van der Waals surface area contributed by atoms with Crippen molar-refractivity contribution in [1.29, 1.82) is 0 Å². The van der Waals surface area contributed by atoms with E-state index in [1.807, 2.05) is 0 Å². The predicted molar refractivity (Wildman–Crippen MR) is 35.6 cm³/mol. The van der Waals surface area contributed by atoms with Crippen molar-refractivity contribution in [3.8, 4) is 0 Å². The van der Waals surface area contributed by atoms with Crippen LogP contribution in [0.4, 0.5) is 0 Å². The fourth-order valence-corrected chi connectivity index (χ4v) is 0.191. The van der Waals surface area contributed by atoms with E-state index in [4.69, 9.17) is 4.89 Å². The van der Waals surface area contributed by atoms with Gasteiger partial charge in [-0.2, -0.15) is 0 Å². The molecule has 0 aromatic carbocycles. The smallest absolute Gasteiger partial charge is 0.238 e. The summed E-state index contributed by atoms with van der Waals surface area (Å²) in [6, 6.07) is 0. The van der Waals surface area contributed by atoms with Crippen LogP contribution in [0.2, 0.25) is 0 Å². The minimum absolute atomic E-state index is 0. The summed E-state index contributed by atoms with van der Waals surface area (Å²) in [6.07, 6.45) is 0.915.